The van der Waals surface area contributed by atoms with Gasteiger partial charge in [0.1, 0.15) is 12.4 Å². The lowest BCUT2D eigenvalue weighted by Crippen LogP contribution is -2.38. The van der Waals surface area contributed by atoms with Crippen LogP contribution in [0.15, 0.2) is 40.0 Å². The number of carbonyl (C=O) groups excluding carboxylic acids is 2. The zero-order chi connectivity index (χ0) is 19.4. The Morgan fingerprint density at radius 3 is 2.63 bits per heavy atom. The molecule has 0 bridgehead atoms. The molecule has 27 heavy (non-hydrogen) atoms. The van der Waals surface area contributed by atoms with Crippen molar-refractivity contribution >= 4 is 17.6 Å². The summed E-state index contributed by atoms with van der Waals surface area (Å²) in [5.74, 6) is -0.417. The van der Waals surface area contributed by atoms with Crippen molar-refractivity contribution in [2.45, 2.75) is 13.3 Å². The minimum atomic E-state index is -0.657. The number of methoxy groups -OCH3 is 2. The Labute approximate surface area is 155 Å². The highest BCUT2D eigenvalue weighted by atomic mass is 16.5. The van der Waals surface area contributed by atoms with Crippen LogP contribution in [0.5, 0.6) is 0 Å². The van der Waals surface area contributed by atoms with Gasteiger partial charge in [-0.15, -0.1) is 10.2 Å². The number of rotatable bonds is 5. The number of benzene rings is 1. The van der Waals surface area contributed by atoms with Crippen LogP contribution in [0.1, 0.15) is 12.8 Å². The third-order valence-corrected chi connectivity index (χ3v) is 4.01. The molecule has 0 aliphatic carbocycles. The van der Waals surface area contributed by atoms with Crippen LogP contribution in [0.2, 0.25) is 0 Å². The number of aromatic nitrogens is 2. The summed E-state index contributed by atoms with van der Waals surface area (Å²) in [5, 5.41) is 7.98. The highest BCUT2D eigenvalue weighted by molar-refractivity contribution is 6.03. The summed E-state index contributed by atoms with van der Waals surface area (Å²) in [7, 11) is 2.49. The van der Waals surface area contributed by atoms with E-state index in [2.05, 4.69) is 10.2 Å². The molecule has 2 heterocycles. The highest BCUT2D eigenvalue weighted by Crippen LogP contribution is 2.30. The van der Waals surface area contributed by atoms with E-state index < -0.39 is 11.9 Å². The van der Waals surface area contributed by atoms with Gasteiger partial charge in [-0.25, -0.2) is 9.59 Å². The average molecular weight is 373 g/mol. The molecule has 0 atom stereocenters. The molecule has 0 fully saturated rings. The van der Waals surface area contributed by atoms with E-state index in [9.17, 15) is 9.59 Å². The van der Waals surface area contributed by atoms with Crippen LogP contribution in [-0.2, 0) is 30.2 Å². The van der Waals surface area contributed by atoms with Crippen LogP contribution in [-0.4, -0.2) is 49.7 Å². The van der Waals surface area contributed by atoms with Gasteiger partial charge in [0.15, 0.2) is 0 Å². The maximum absolute atomic E-state index is 12.4. The van der Waals surface area contributed by atoms with E-state index in [-0.39, 0.29) is 24.6 Å². The summed E-state index contributed by atoms with van der Waals surface area (Å²) in [5.41, 5.74) is 1.44. The molecule has 1 aliphatic rings. The van der Waals surface area contributed by atoms with Crippen molar-refractivity contribution in [1.29, 1.82) is 0 Å². The smallest absolute Gasteiger partial charge is 0.355 e. The van der Waals surface area contributed by atoms with Crippen molar-refractivity contribution in [3.63, 3.8) is 0 Å². The number of ether oxygens (including phenoxy) is 3. The molecule has 0 spiro atoms. The van der Waals surface area contributed by atoms with Crippen molar-refractivity contribution in [2.75, 3.05) is 32.5 Å². The first kappa shape index (κ1) is 18.6. The number of hydrogen-bond acceptors (Lipinski definition) is 9. The topological polar surface area (TPSA) is 104 Å². The zero-order valence-electron chi connectivity index (χ0n) is 15.2. The van der Waals surface area contributed by atoms with Gasteiger partial charge >= 0.3 is 11.9 Å². The number of carbonyl (C=O) groups is 2. The van der Waals surface area contributed by atoms with Gasteiger partial charge in [0.2, 0.25) is 11.8 Å². The van der Waals surface area contributed by atoms with Crippen molar-refractivity contribution in [1.82, 2.24) is 10.2 Å². The quantitative estimate of drug-likeness (QED) is 0.724. The molecule has 0 N–H and O–H groups in total. The second kappa shape index (κ2) is 8.00. The summed E-state index contributed by atoms with van der Waals surface area (Å²) >= 11 is 0. The summed E-state index contributed by atoms with van der Waals surface area (Å²) in [6, 6.07) is 7.12. The Hall–Kier alpha value is -3.20. The lowest BCUT2D eigenvalue weighted by molar-refractivity contribution is -0.140. The van der Waals surface area contributed by atoms with Gasteiger partial charge in [0, 0.05) is 17.7 Å². The first-order valence-electron chi connectivity index (χ1n) is 8.26. The Morgan fingerprint density at radius 1 is 1.19 bits per heavy atom. The third-order valence-electron chi connectivity index (χ3n) is 4.01. The van der Waals surface area contributed by atoms with E-state index >= 15 is 0 Å². The number of hydrogen-bond donors (Lipinski definition) is 0. The number of aryl methyl sites for hydroxylation is 1. The van der Waals surface area contributed by atoms with Crippen molar-refractivity contribution < 1.29 is 28.2 Å². The molecule has 3 rings (SSSR count). The molecule has 142 valence electrons. The number of nitrogens with zero attached hydrogens (tertiary/aromatic N) is 3. The summed E-state index contributed by atoms with van der Waals surface area (Å²) in [4.78, 5) is 26.0. The van der Waals surface area contributed by atoms with E-state index in [1.54, 1.807) is 23.1 Å². The van der Waals surface area contributed by atoms with Gasteiger partial charge in [-0.1, -0.05) is 13.0 Å². The predicted molar refractivity (Wildman–Crippen MR) is 93.5 cm³/mol. The molecule has 1 aromatic heterocycles. The molecule has 9 nitrogen and oxygen atoms in total. The molecule has 1 aliphatic heterocycles. The third kappa shape index (κ3) is 3.68. The largest absolute Gasteiger partial charge is 0.466 e. The van der Waals surface area contributed by atoms with Gasteiger partial charge in [-0.3, -0.25) is 0 Å². The maximum Gasteiger partial charge on any atom is 0.355 e. The lowest BCUT2D eigenvalue weighted by atomic mass is 10.1. The molecule has 2 aromatic rings. The van der Waals surface area contributed by atoms with E-state index in [0.29, 0.717) is 29.5 Å². The molecular formula is C18H19N3O6. The maximum atomic E-state index is 12.4. The molecule has 0 saturated heterocycles. The molecule has 9 heteroatoms. The average Bonchev–Trinajstić information content (AvgIpc) is 3.21. The Morgan fingerprint density at radius 2 is 1.96 bits per heavy atom. The lowest BCUT2D eigenvalue weighted by Gasteiger charge is -2.31. The van der Waals surface area contributed by atoms with Gasteiger partial charge in [-0.05, 0) is 18.2 Å². The second-order valence-corrected chi connectivity index (χ2v) is 5.62. The molecule has 0 unspecified atom stereocenters. The number of esters is 2. The number of anilines is 1. The summed E-state index contributed by atoms with van der Waals surface area (Å²) in [6.45, 7) is 1.94. The van der Waals surface area contributed by atoms with Gasteiger partial charge in [0.25, 0.3) is 0 Å². The van der Waals surface area contributed by atoms with Gasteiger partial charge < -0.3 is 23.5 Å². The molecule has 0 saturated carbocycles. The molecular weight excluding hydrogens is 354 g/mol. The van der Waals surface area contributed by atoms with E-state index in [1.165, 1.54) is 14.2 Å². The Kier molecular flexibility index (Phi) is 5.51. The van der Waals surface area contributed by atoms with Crippen molar-refractivity contribution in [2.24, 2.45) is 0 Å². The monoisotopic (exact) mass is 373 g/mol. The zero-order valence-corrected chi connectivity index (χ0v) is 15.2. The van der Waals surface area contributed by atoms with Crippen molar-refractivity contribution in [3.05, 3.63) is 41.4 Å². The molecule has 0 radical (unpaired) electrons. The SMILES string of the molecule is CCc1nnc(-c2cccc(N3COCC(C(=O)OC)=C3C(=O)OC)c2)o1. The minimum Gasteiger partial charge on any atom is -0.466 e. The second-order valence-electron chi connectivity index (χ2n) is 5.62. The van der Waals surface area contributed by atoms with Crippen LogP contribution in [0, 0.1) is 0 Å². The Bertz CT molecular complexity index is 889. The summed E-state index contributed by atoms with van der Waals surface area (Å²) in [6.07, 6.45) is 0.629. The normalized spacial score (nSPS) is 14.3. The fourth-order valence-electron chi connectivity index (χ4n) is 2.67. The first-order valence-corrected chi connectivity index (χ1v) is 8.26. The minimum absolute atomic E-state index is 0.0448. The van der Waals surface area contributed by atoms with Crippen molar-refractivity contribution in [3.8, 4) is 11.5 Å². The van der Waals surface area contributed by atoms with E-state index in [0.717, 1.165) is 0 Å². The molecule has 1 aromatic carbocycles. The first-order chi connectivity index (χ1) is 13.1. The van der Waals surface area contributed by atoms with Crippen LogP contribution < -0.4 is 4.90 Å². The van der Waals surface area contributed by atoms with Crippen LogP contribution >= 0.6 is 0 Å². The fraction of sp³-hybridized carbons (Fsp3) is 0.333. The Balaban J connectivity index is 2.04. The summed E-state index contributed by atoms with van der Waals surface area (Å²) < 4.78 is 20.7. The fourth-order valence-corrected chi connectivity index (χ4v) is 2.67. The van der Waals surface area contributed by atoms with Crippen LogP contribution in [0.4, 0.5) is 5.69 Å². The van der Waals surface area contributed by atoms with Gasteiger partial charge in [-0.2, -0.15) is 0 Å². The van der Waals surface area contributed by atoms with Gasteiger partial charge in [0.05, 0.1) is 26.4 Å². The van der Waals surface area contributed by atoms with Crippen LogP contribution in [0.25, 0.3) is 11.5 Å². The van der Waals surface area contributed by atoms with Crippen LogP contribution in [0.3, 0.4) is 0 Å². The highest BCUT2D eigenvalue weighted by Gasteiger charge is 2.32. The molecule has 0 amide bonds. The van der Waals surface area contributed by atoms with E-state index in [1.807, 2.05) is 13.0 Å². The predicted octanol–water partition coefficient (Wildman–Crippen LogP) is 1.69. The standard InChI is InChI=1S/C18H19N3O6/c1-4-14-19-20-16(27-14)11-6-5-7-12(8-11)21-10-26-9-13(17(22)24-2)15(21)18(23)25-3/h5-8H,4,9-10H2,1-3H3. The van der Waals surface area contributed by atoms with E-state index in [4.69, 9.17) is 18.6 Å².